The summed E-state index contributed by atoms with van der Waals surface area (Å²) in [5, 5.41) is 3.42. The van der Waals surface area contributed by atoms with Gasteiger partial charge in [0.05, 0.1) is 0 Å². The maximum Gasteiger partial charge on any atom is 0.335 e. The lowest BCUT2D eigenvalue weighted by atomic mass is 10.3. The Balaban J connectivity index is 1.67. The van der Waals surface area contributed by atoms with Crippen molar-refractivity contribution in [3.63, 3.8) is 0 Å². The van der Waals surface area contributed by atoms with Gasteiger partial charge in [-0.25, -0.2) is 0 Å². The van der Waals surface area contributed by atoms with Gasteiger partial charge in [0.15, 0.2) is 0 Å². The number of hydrogen-bond acceptors (Lipinski definition) is 4. The van der Waals surface area contributed by atoms with E-state index in [0.29, 0.717) is 12.1 Å². The van der Waals surface area contributed by atoms with Crippen molar-refractivity contribution in [3.8, 4) is 0 Å². The standard InChI is InChI=1S/C15H33N3OSi/c1-2-11-16-12-13-19-20(17-14-7-3-4-8-14)18-15-9-5-6-10-15/h14-18,20H,2-13H2,1H3. The van der Waals surface area contributed by atoms with E-state index in [9.17, 15) is 0 Å². The highest BCUT2D eigenvalue weighted by Crippen LogP contribution is 2.19. The molecule has 2 aliphatic rings. The molecule has 3 N–H and O–H groups in total. The van der Waals surface area contributed by atoms with Crippen molar-refractivity contribution >= 4 is 9.36 Å². The molecule has 0 aromatic carbocycles. The summed E-state index contributed by atoms with van der Waals surface area (Å²) >= 11 is 0. The highest BCUT2D eigenvalue weighted by atomic mass is 28.3. The van der Waals surface area contributed by atoms with Crippen LogP contribution < -0.4 is 15.3 Å². The molecule has 0 atom stereocenters. The Kier molecular flexibility index (Phi) is 8.13. The van der Waals surface area contributed by atoms with Gasteiger partial charge in [-0.2, -0.15) is 0 Å². The molecule has 0 aromatic rings. The Morgan fingerprint density at radius 3 is 1.95 bits per heavy atom. The maximum atomic E-state index is 6.17. The molecule has 0 heterocycles. The summed E-state index contributed by atoms with van der Waals surface area (Å²) in [6.07, 6.45) is 12.1. The first-order chi connectivity index (χ1) is 9.88. The van der Waals surface area contributed by atoms with Crippen LogP contribution in [0.3, 0.4) is 0 Å². The summed E-state index contributed by atoms with van der Waals surface area (Å²) in [5.74, 6) is 0. The lowest BCUT2D eigenvalue weighted by Crippen LogP contribution is -2.56. The van der Waals surface area contributed by atoms with Crippen LogP contribution in [0.25, 0.3) is 0 Å². The van der Waals surface area contributed by atoms with E-state index in [-0.39, 0.29) is 0 Å². The van der Waals surface area contributed by atoms with E-state index < -0.39 is 9.36 Å². The molecule has 0 saturated heterocycles. The zero-order chi connectivity index (χ0) is 14.0. The molecule has 0 aliphatic heterocycles. The molecule has 0 amide bonds. The molecular formula is C15H33N3OSi. The van der Waals surface area contributed by atoms with Crippen LogP contribution >= 0.6 is 0 Å². The molecule has 2 fully saturated rings. The van der Waals surface area contributed by atoms with Crippen molar-refractivity contribution < 1.29 is 4.43 Å². The van der Waals surface area contributed by atoms with E-state index in [4.69, 9.17) is 4.43 Å². The molecule has 0 bridgehead atoms. The second kappa shape index (κ2) is 9.90. The topological polar surface area (TPSA) is 45.3 Å². The highest BCUT2D eigenvalue weighted by Gasteiger charge is 2.25. The maximum absolute atomic E-state index is 6.17. The lowest BCUT2D eigenvalue weighted by Gasteiger charge is -2.25. The van der Waals surface area contributed by atoms with Crippen molar-refractivity contribution in [1.29, 1.82) is 0 Å². The molecule has 5 heteroatoms. The summed E-state index contributed by atoms with van der Waals surface area (Å²) in [7, 11) is -1.43. The molecule has 0 radical (unpaired) electrons. The Morgan fingerprint density at radius 1 is 0.900 bits per heavy atom. The minimum atomic E-state index is -1.43. The Labute approximate surface area is 126 Å². The average molecular weight is 300 g/mol. The molecular weight excluding hydrogens is 266 g/mol. The van der Waals surface area contributed by atoms with E-state index in [1.165, 1.54) is 57.8 Å². The van der Waals surface area contributed by atoms with E-state index in [1.54, 1.807) is 0 Å². The largest absolute Gasteiger partial charge is 0.393 e. The minimum Gasteiger partial charge on any atom is -0.393 e. The highest BCUT2D eigenvalue weighted by molar-refractivity contribution is 6.46. The molecule has 2 saturated carbocycles. The Bertz CT molecular complexity index is 225. The van der Waals surface area contributed by atoms with Crippen LogP contribution in [0.2, 0.25) is 0 Å². The van der Waals surface area contributed by atoms with E-state index in [0.717, 1.165) is 19.7 Å². The van der Waals surface area contributed by atoms with Gasteiger partial charge in [0, 0.05) is 25.2 Å². The third kappa shape index (κ3) is 6.22. The van der Waals surface area contributed by atoms with Gasteiger partial charge in [-0.1, -0.05) is 32.6 Å². The number of rotatable bonds is 10. The monoisotopic (exact) mass is 299 g/mol. The van der Waals surface area contributed by atoms with Crippen LogP contribution in [0.15, 0.2) is 0 Å². The van der Waals surface area contributed by atoms with E-state index in [2.05, 4.69) is 22.2 Å². The van der Waals surface area contributed by atoms with Gasteiger partial charge >= 0.3 is 9.36 Å². The third-order valence-corrected chi connectivity index (χ3v) is 6.59. The summed E-state index contributed by atoms with van der Waals surface area (Å²) in [4.78, 5) is 7.62. The lowest BCUT2D eigenvalue weighted by molar-refractivity contribution is 0.289. The molecule has 2 rings (SSSR count). The second-order valence-corrected chi connectivity index (χ2v) is 8.06. The van der Waals surface area contributed by atoms with Gasteiger partial charge in [-0.3, -0.25) is 0 Å². The third-order valence-electron chi connectivity index (χ3n) is 4.47. The van der Waals surface area contributed by atoms with Crippen molar-refractivity contribution in [2.24, 2.45) is 0 Å². The van der Waals surface area contributed by atoms with Crippen LogP contribution in [0.5, 0.6) is 0 Å². The number of nitrogens with one attached hydrogen (secondary N) is 3. The summed E-state index contributed by atoms with van der Waals surface area (Å²) in [6, 6.07) is 1.42. The number of hydrogen-bond donors (Lipinski definition) is 3. The molecule has 4 nitrogen and oxygen atoms in total. The van der Waals surface area contributed by atoms with Gasteiger partial charge in [-0.05, 0) is 38.6 Å². The van der Waals surface area contributed by atoms with Crippen LogP contribution in [-0.4, -0.2) is 41.1 Å². The van der Waals surface area contributed by atoms with E-state index in [1.807, 2.05) is 0 Å². The average Bonchev–Trinajstić information content (AvgIpc) is 3.12. The molecule has 0 spiro atoms. The SMILES string of the molecule is CCCNCCO[SiH](NC1CCCC1)NC1CCCC1. The Morgan fingerprint density at radius 2 is 1.45 bits per heavy atom. The molecule has 0 aromatic heterocycles. The van der Waals surface area contributed by atoms with Crippen molar-refractivity contribution in [2.45, 2.75) is 76.8 Å². The van der Waals surface area contributed by atoms with Crippen molar-refractivity contribution in [1.82, 2.24) is 15.3 Å². The fourth-order valence-electron chi connectivity index (χ4n) is 3.31. The van der Waals surface area contributed by atoms with Gasteiger partial charge < -0.3 is 19.7 Å². The quantitative estimate of drug-likeness (QED) is 0.425. The zero-order valence-corrected chi connectivity index (χ0v) is 14.3. The Hall–Kier alpha value is 0.0569. The predicted octanol–water partition coefficient (Wildman–Crippen LogP) is 1.78. The van der Waals surface area contributed by atoms with Crippen molar-refractivity contribution in [3.05, 3.63) is 0 Å². The summed E-state index contributed by atoms with van der Waals surface area (Å²) in [6.45, 7) is 5.13. The van der Waals surface area contributed by atoms with Crippen LogP contribution in [0.1, 0.15) is 64.7 Å². The van der Waals surface area contributed by atoms with Crippen LogP contribution in [0.4, 0.5) is 0 Å². The normalized spacial score (nSPS) is 21.3. The van der Waals surface area contributed by atoms with Crippen LogP contribution in [0, 0.1) is 0 Å². The summed E-state index contributed by atoms with van der Waals surface area (Å²) < 4.78 is 6.17. The van der Waals surface area contributed by atoms with Crippen LogP contribution in [-0.2, 0) is 4.43 Å². The van der Waals surface area contributed by atoms with Gasteiger partial charge in [0.1, 0.15) is 0 Å². The minimum absolute atomic E-state index is 0.712. The van der Waals surface area contributed by atoms with Gasteiger partial charge in [-0.15, -0.1) is 0 Å². The first-order valence-electron chi connectivity index (χ1n) is 8.73. The smallest absolute Gasteiger partial charge is 0.335 e. The first kappa shape index (κ1) is 16.4. The fraction of sp³-hybridized carbons (Fsp3) is 1.00. The molecule has 118 valence electrons. The summed E-state index contributed by atoms with van der Waals surface area (Å²) in [5.41, 5.74) is 0. The molecule has 20 heavy (non-hydrogen) atoms. The fourth-order valence-corrected chi connectivity index (χ4v) is 5.47. The molecule has 0 unspecified atom stereocenters. The zero-order valence-electron chi connectivity index (χ0n) is 13.1. The molecule has 2 aliphatic carbocycles. The van der Waals surface area contributed by atoms with Gasteiger partial charge in [0.2, 0.25) is 0 Å². The van der Waals surface area contributed by atoms with Gasteiger partial charge in [0.25, 0.3) is 0 Å². The van der Waals surface area contributed by atoms with Crippen molar-refractivity contribution in [2.75, 3.05) is 19.7 Å². The predicted molar refractivity (Wildman–Crippen MR) is 87.0 cm³/mol. The second-order valence-electron chi connectivity index (χ2n) is 6.30. The first-order valence-corrected chi connectivity index (χ1v) is 10.4. The van der Waals surface area contributed by atoms with E-state index >= 15 is 0 Å².